The molecule has 102 valence electrons. The maximum atomic E-state index is 12.6. The van der Waals surface area contributed by atoms with Crippen LogP contribution in [0.25, 0.3) is 0 Å². The van der Waals surface area contributed by atoms with Crippen LogP contribution in [0.2, 0.25) is 0 Å². The number of piperidine rings is 1. The molecule has 4 nitrogen and oxygen atoms in total. The Labute approximate surface area is 117 Å². The number of aliphatic hydroxyl groups excluding tert-OH is 1. The molecule has 1 saturated heterocycles. The number of nitrogens with zero attached hydrogens (tertiary/aromatic N) is 2. The molecule has 17 heavy (non-hydrogen) atoms. The smallest absolute Gasteiger partial charge is 0.304 e. The molecule has 1 unspecified atom stereocenters. The molecule has 0 saturated carbocycles. The fourth-order valence-corrected chi connectivity index (χ4v) is 5.16. The minimum atomic E-state index is -3.08. The highest BCUT2D eigenvalue weighted by Crippen LogP contribution is 2.58. The van der Waals surface area contributed by atoms with Crippen LogP contribution in [-0.2, 0) is 4.57 Å². The lowest BCUT2D eigenvalue weighted by atomic mass is 10.1. The molecule has 8 heteroatoms. The third kappa shape index (κ3) is 4.54. The summed E-state index contributed by atoms with van der Waals surface area (Å²) in [5.74, 6) is 0.730. The van der Waals surface area contributed by atoms with Crippen molar-refractivity contribution in [1.29, 1.82) is 0 Å². The highest BCUT2D eigenvalue weighted by Gasteiger charge is 2.36. The molecule has 0 amide bonds. The van der Waals surface area contributed by atoms with Crippen molar-refractivity contribution in [2.24, 2.45) is 0 Å². The predicted molar refractivity (Wildman–Crippen MR) is 73.3 cm³/mol. The van der Waals surface area contributed by atoms with Crippen LogP contribution in [0, 0.1) is 0 Å². The van der Waals surface area contributed by atoms with Gasteiger partial charge in [-0.15, -0.1) is 23.2 Å². The summed E-state index contributed by atoms with van der Waals surface area (Å²) in [5, 5.41) is 9.42. The minimum Gasteiger partial charge on any atom is -0.393 e. The average Bonchev–Trinajstić information content (AvgIpc) is 2.29. The molecule has 1 aliphatic heterocycles. The molecule has 1 heterocycles. The third-order valence-electron chi connectivity index (χ3n) is 2.82. The average molecular weight is 324 g/mol. The van der Waals surface area contributed by atoms with Crippen LogP contribution < -0.4 is 0 Å². The van der Waals surface area contributed by atoms with Crippen molar-refractivity contribution in [2.75, 3.05) is 37.9 Å². The quantitative estimate of drug-likeness (QED) is 0.603. The van der Waals surface area contributed by atoms with Gasteiger partial charge in [-0.05, 0) is 24.1 Å². The minimum absolute atomic E-state index is 0.308. The van der Waals surface area contributed by atoms with Crippen LogP contribution >= 0.6 is 41.2 Å². The van der Waals surface area contributed by atoms with E-state index in [9.17, 15) is 9.67 Å². The van der Waals surface area contributed by atoms with Crippen LogP contribution in [0.4, 0.5) is 0 Å². The van der Waals surface area contributed by atoms with E-state index in [1.807, 2.05) is 0 Å². The summed E-state index contributed by atoms with van der Waals surface area (Å²) >= 11 is 17.5. The van der Waals surface area contributed by atoms with Crippen molar-refractivity contribution >= 4 is 41.2 Å². The number of hydrogen-bond donors (Lipinski definition) is 1. The Morgan fingerprint density at radius 3 is 2.12 bits per heavy atom. The molecular weight excluding hydrogens is 305 g/mol. The number of aliphatic hydroxyl groups is 1. The summed E-state index contributed by atoms with van der Waals surface area (Å²) < 4.78 is 16.0. The maximum Gasteiger partial charge on any atom is 0.304 e. The first-order chi connectivity index (χ1) is 8.02. The monoisotopic (exact) mass is 322 g/mol. The van der Waals surface area contributed by atoms with Crippen molar-refractivity contribution in [3.8, 4) is 0 Å². The molecular formula is C9H18Cl3N2O2P. The topological polar surface area (TPSA) is 43.8 Å². The molecule has 0 aromatic heterocycles. The molecule has 1 aliphatic rings. The maximum absolute atomic E-state index is 12.6. The van der Waals surface area contributed by atoms with Gasteiger partial charge >= 0.3 is 6.80 Å². The van der Waals surface area contributed by atoms with E-state index >= 15 is 0 Å². The molecule has 1 rings (SSSR count). The van der Waals surface area contributed by atoms with Gasteiger partial charge in [0.05, 0.1) is 6.10 Å². The van der Waals surface area contributed by atoms with E-state index in [-0.39, 0.29) is 6.10 Å². The number of hydrogen-bond acceptors (Lipinski definition) is 2. The van der Waals surface area contributed by atoms with Crippen LogP contribution in [0.1, 0.15) is 12.8 Å². The highest BCUT2D eigenvalue weighted by molar-refractivity contribution is 7.85. The van der Waals surface area contributed by atoms with Gasteiger partial charge in [-0.1, -0.05) is 0 Å². The van der Waals surface area contributed by atoms with E-state index in [0.29, 0.717) is 50.8 Å². The summed E-state index contributed by atoms with van der Waals surface area (Å²) in [7, 11) is 0. The summed E-state index contributed by atoms with van der Waals surface area (Å²) in [4.78, 5) is 0. The number of rotatable bonds is 6. The lowest BCUT2D eigenvalue weighted by Gasteiger charge is -2.37. The fraction of sp³-hybridized carbons (Fsp3) is 1.00. The second-order valence-electron chi connectivity index (χ2n) is 3.99. The number of halogens is 3. The van der Waals surface area contributed by atoms with Gasteiger partial charge in [-0.25, -0.2) is 9.34 Å². The first kappa shape index (κ1) is 16.0. The van der Waals surface area contributed by atoms with Gasteiger partial charge in [-0.2, -0.15) is 0 Å². The largest absolute Gasteiger partial charge is 0.393 e. The zero-order valence-corrected chi connectivity index (χ0v) is 12.7. The van der Waals surface area contributed by atoms with E-state index in [0.717, 1.165) is 0 Å². The van der Waals surface area contributed by atoms with Crippen LogP contribution in [0.5, 0.6) is 0 Å². The predicted octanol–water partition coefficient (Wildman–Crippen LogP) is 2.57. The van der Waals surface area contributed by atoms with E-state index in [1.54, 1.807) is 9.34 Å². The van der Waals surface area contributed by atoms with E-state index in [2.05, 4.69) is 0 Å². The first-order valence-corrected chi connectivity index (χ1v) is 9.21. The highest BCUT2D eigenvalue weighted by atomic mass is 35.7. The Morgan fingerprint density at radius 1 is 1.24 bits per heavy atom. The Morgan fingerprint density at radius 2 is 1.71 bits per heavy atom. The summed E-state index contributed by atoms with van der Waals surface area (Å²) in [6, 6.07) is 0. The molecule has 0 aromatic carbocycles. The Bertz CT molecular complexity index is 269. The third-order valence-corrected chi connectivity index (χ3v) is 6.64. The van der Waals surface area contributed by atoms with Gasteiger partial charge in [-0.3, -0.25) is 4.57 Å². The normalized spacial score (nSPS) is 22.9. The van der Waals surface area contributed by atoms with Gasteiger partial charge in [0.15, 0.2) is 0 Å². The zero-order valence-electron chi connectivity index (χ0n) is 9.57. The number of alkyl halides is 2. The zero-order chi connectivity index (χ0) is 12.9. The fourth-order valence-electron chi connectivity index (χ4n) is 1.83. The van der Waals surface area contributed by atoms with Crippen molar-refractivity contribution in [1.82, 2.24) is 9.34 Å². The summed E-state index contributed by atoms with van der Waals surface area (Å²) in [6.07, 6.45) is 0.899. The van der Waals surface area contributed by atoms with Crippen molar-refractivity contribution < 1.29 is 9.67 Å². The lowest BCUT2D eigenvalue weighted by Crippen LogP contribution is -2.38. The molecule has 1 atom stereocenters. The van der Waals surface area contributed by atoms with E-state index in [4.69, 9.17) is 34.4 Å². The summed E-state index contributed by atoms with van der Waals surface area (Å²) in [5.41, 5.74) is 0. The first-order valence-electron chi connectivity index (χ1n) is 5.63. The Balaban J connectivity index is 2.66. The van der Waals surface area contributed by atoms with Gasteiger partial charge in [0, 0.05) is 37.9 Å². The Hall–Kier alpha value is 0.980. The molecule has 0 aromatic rings. The van der Waals surface area contributed by atoms with Crippen molar-refractivity contribution in [3.05, 3.63) is 0 Å². The SMILES string of the molecule is O=P(Cl)(N(CCCl)CCCl)N1CCC(O)CC1. The molecule has 1 N–H and O–H groups in total. The van der Waals surface area contributed by atoms with Crippen molar-refractivity contribution in [2.45, 2.75) is 18.9 Å². The molecule has 0 spiro atoms. The van der Waals surface area contributed by atoms with Gasteiger partial charge in [0.1, 0.15) is 0 Å². The van der Waals surface area contributed by atoms with Crippen LogP contribution in [0.15, 0.2) is 0 Å². The molecule has 0 radical (unpaired) electrons. The molecule has 0 aliphatic carbocycles. The van der Waals surface area contributed by atoms with Gasteiger partial charge in [0.25, 0.3) is 0 Å². The molecule has 0 bridgehead atoms. The standard InChI is InChI=1S/C9H18Cl3N2O2P/c10-3-7-14(8-4-11)17(12,16)13-5-1-9(15)2-6-13/h9,15H,1-8H2. The van der Waals surface area contributed by atoms with Gasteiger partial charge in [0.2, 0.25) is 0 Å². The van der Waals surface area contributed by atoms with Gasteiger partial charge < -0.3 is 5.11 Å². The molecule has 1 fully saturated rings. The van der Waals surface area contributed by atoms with Crippen LogP contribution in [-0.4, -0.2) is 58.5 Å². The van der Waals surface area contributed by atoms with E-state index in [1.165, 1.54) is 0 Å². The second-order valence-corrected chi connectivity index (χ2v) is 8.14. The Kier molecular flexibility index (Phi) is 7.11. The van der Waals surface area contributed by atoms with E-state index < -0.39 is 6.80 Å². The summed E-state index contributed by atoms with van der Waals surface area (Å²) in [6.45, 7) is -1.08. The lowest BCUT2D eigenvalue weighted by molar-refractivity contribution is 0.110. The second kappa shape index (κ2) is 7.54. The van der Waals surface area contributed by atoms with Crippen molar-refractivity contribution in [3.63, 3.8) is 0 Å². The van der Waals surface area contributed by atoms with Crippen LogP contribution in [0.3, 0.4) is 0 Å².